The molecule has 0 fully saturated rings. The second-order valence-electron chi connectivity index (χ2n) is 6.09. The molecule has 0 aliphatic carbocycles. The number of hydrogen-bond donors (Lipinski definition) is 1. The van der Waals surface area contributed by atoms with Gasteiger partial charge >= 0.3 is 0 Å². The third-order valence-corrected chi connectivity index (χ3v) is 5.27. The molecule has 144 valence electrons. The lowest BCUT2D eigenvalue weighted by molar-refractivity contribution is -0.113. The smallest absolute Gasteiger partial charge is 0.234 e. The predicted molar refractivity (Wildman–Crippen MR) is 117 cm³/mol. The molecule has 1 heterocycles. The summed E-state index contributed by atoms with van der Waals surface area (Å²) in [5, 5.41) is 5.07. The highest BCUT2D eigenvalue weighted by atomic mass is 35.5. The highest BCUT2D eigenvalue weighted by molar-refractivity contribution is 8.00. The largest absolute Gasteiger partial charge is 0.455 e. The molecule has 0 spiro atoms. The second kappa shape index (κ2) is 8.94. The van der Waals surface area contributed by atoms with Gasteiger partial charge in [-0.1, -0.05) is 59.8 Å². The Hall–Kier alpha value is -3.09. The Morgan fingerprint density at radius 2 is 1.79 bits per heavy atom. The first-order valence-corrected chi connectivity index (χ1v) is 10.2. The Kier molecular flexibility index (Phi) is 5.93. The number of anilines is 1. The van der Waals surface area contributed by atoms with Crippen LogP contribution in [0.4, 0.5) is 5.69 Å². The average molecular weight is 422 g/mol. The van der Waals surface area contributed by atoms with Crippen LogP contribution in [-0.4, -0.2) is 21.6 Å². The first kappa shape index (κ1) is 19.2. The number of nitrogens with one attached hydrogen (secondary N) is 1. The van der Waals surface area contributed by atoms with Crippen molar-refractivity contribution in [2.45, 2.75) is 5.03 Å². The number of carbonyl (C=O) groups excluding carboxylic acids is 1. The first-order valence-electron chi connectivity index (χ1n) is 8.84. The molecule has 1 aromatic heterocycles. The van der Waals surface area contributed by atoms with Crippen molar-refractivity contribution in [3.63, 3.8) is 0 Å². The molecule has 0 saturated carbocycles. The lowest BCUT2D eigenvalue weighted by Gasteiger charge is -2.13. The summed E-state index contributed by atoms with van der Waals surface area (Å²) in [7, 11) is 0. The molecule has 0 saturated heterocycles. The highest BCUT2D eigenvalue weighted by Crippen LogP contribution is 2.32. The van der Waals surface area contributed by atoms with Gasteiger partial charge in [-0.25, -0.2) is 9.97 Å². The van der Waals surface area contributed by atoms with Gasteiger partial charge < -0.3 is 10.1 Å². The molecule has 0 unspecified atom stereocenters. The van der Waals surface area contributed by atoms with E-state index in [-0.39, 0.29) is 11.7 Å². The van der Waals surface area contributed by atoms with Crippen LogP contribution in [-0.2, 0) is 4.79 Å². The number of aromatic nitrogens is 2. The first-order chi connectivity index (χ1) is 14.2. The molecule has 7 heteroatoms. The summed E-state index contributed by atoms with van der Waals surface area (Å²) < 4.78 is 5.89. The van der Waals surface area contributed by atoms with Gasteiger partial charge in [0.1, 0.15) is 17.1 Å². The molecule has 4 rings (SSSR count). The van der Waals surface area contributed by atoms with E-state index in [9.17, 15) is 4.79 Å². The molecule has 29 heavy (non-hydrogen) atoms. The molecule has 0 atom stereocenters. The van der Waals surface area contributed by atoms with Crippen molar-refractivity contribution in [3.05, 3.63) is 84.1 Å². The maximum atomic E-state index is 12.6. The van der Waals surface area contributed by atoms with Gasteiger partial charge in [-0.15, -0.1) is 0 Å². The van der Waals surface area contributed by atoms with Gasteiger partial charge in [0.15, 0.2) is 5.75 Å². The van der Waals surface area contributed by atoms with Gasteiger partial charge in [-0.3, -0.25) is 4.79 Å². The van der Waals surface area contributed by atoms with Crippen LogP contribution in [0.3, 0.4) is 0 Å². The molecular formula is C22H16ClN3O2S. The SMILES string of the molecule is O=C(CSc1ncnc2ccccc12)Nc1cc(Cl)ccc1Oc1ccccc1. The van der Waals surface area contributed by atoms with Gasteiger partial charge in [-0.05, 0) is 36.4 Å². The zero-order valence-electron chi connectivity index (χ0n) is 15.2. The molecule has 1 N–H and O–H groups in total. The number of carbonyl (C=O) groups is 1. The monoisotopic (exact) mass is 421 g/mol. The van der Waals surface area contributed by atoms with Gasteiger partial charge in [0, 0.05) is 10.4 Å². The molecule has 0 aliphatic rings. The number of rotatable bonds is 6. The molecule has 0 aliphatic heterocycles. The molecule has 4 aromatic rings. The van der Waals surface area contributed by atoms with Crippen LogP contribution in [0.1, 0.15) is 0 Å². The third-order valence-electron chi connectivity index (χ3n) is 4.03. The Morgan fingerprint density at radius 3 is 2.66 bits per heavy atom. The van der Waals surface area contributed by atoms with E-state index in [1.165, 1.54) is 18.1 Å². The Balaban J connectivity index is 1.47. The van der Waals surface area contributed by atoms with E-state index in [4.69, 9.17) is 16.3 Å². The second-order valence-corrected chi connectivity index (χ2v) is 7.49. The van der Waals surface area contributed by atoms with Crippen LogP contribution in [0, 0.1) is 0 Å². The zero-order chi connectivity index (χ0) is 20.1. The number of hydrogen-bond acceptors (Lipinski definition) is 5. The van der Waals surface area contributed by atoms with Crippen molar-refractivity contribution >= 4 is 45.9 Å². The van der Waals surface area contributed by atoms with Gasteiger partial charge in [-0.2, -0.15) is 0 Å². The molecule has 0 bridgehead atoms. The maximum Gasteiger partial charge on any atom is 0.234 e. The van der Waals surface area contributed by atoms with E-state index in [2.05, 4.69) is 15.3 Å². The number of thioether (sulfide) groups is 1. The van der Waals surface area contributed by atoms with Crippen molar-refractivity contribution in [2.75, 3.05) is 11.1 Å². The van der Waals surface area contributed by atoms with Crippen LogP contribution >= 0.6 is 23.4 Å². The number of para-hydroxylation sites is 2. The number of amides is 1. The summed E-state index contributed by atoms with van der Waals surface area (Å²) >= 11 is 7.47. The number of halogens is 1. The lowest BCUT2D eigenvalue weighted by Crippen LogP contribution is -2.14. The fourth-order valence-corrected chi connectivity index (χ4v) is 3.68. The van der Waals surface area contributed by atoms with Crippen LogP contribution in [0.25, 0.3) is 10.9 Å². The average Bonchev–Trinajstić information content (AvgIpc) is 2.75. The minimum absolute atomic E-state index is 0.183. The topological polar surface area (TPSA) is 64.1 Å². The number of nitrogens with zero attached hydrogens (tertiary/aromatic N) is 2. The Morgan fingerprint density at radius 1 is 1.00 bits per heavy atom. The van der Waals surface area contributed by atoms with E-state index >= 15 is 0 Å². The van der Waals surface area contributed by atoms with E-state index < -0.39 is 0 Å². The van der Waals surface area contributed by atoms with E-state index in [1.807, 2.05) is 54.6 Å². The van der Waals surface area contributed by atoms with Gasteiger partial charge in [0.2, 0.25) is 5.91 Å². The van der Waals surface area contributed by atoms with Crippen molar-refractivity contribution in [3.8, 4) is 11.5 Å². The summed E-state index contributed by atoms with van der Waals surface area (Å²) in [6.07, 6.45) is 1.51. The standard InChI is InChI=1S/C22H16ClN3O2S/c23-15-10-11-20(28-16-6-2-1-3-7-16)19(12-15)26-21(27)13-29-22-17-8-4-5-9-18(17)24-14-25-22/h1-12,14H,13H2,(H,26,27). The third kappa shape index (κ3) is 4.85. The maximum absolute atomic E-state index is 12.6. The summed E-state index contributed by atoms with van der Waals surface area (Å²) in [6, 6.07) is 22.2. The van der Waals surface area contributed by atoms with Crippen LogP contribution in [0.15, 0.2) is 84.1 Å². The van der Waals surface area contributed by atoms with Crippen molar-refractivity contribution in [2.24, 2.45) is 0 Å². The van der Waals surface area contributed by atoms with E-state index in [1.54, 1.807) is 18.2 Å². The highest BCUT2D eigenvalue weighted by Gasteiger charge is 2.12. The van der Waals surface area contributed by atoms with Gasteiger partial charge in [0.05, 0.1) is 17.0 Å². The summed E-state index contributed by atoms with van der Waals surface area (Å²) in [4.78, 5) is 21.1. The van der Waals surface area contributed by atoms with Gasteiger partial charge in [0.25, 0.3) is 0 Å². The molecule has 3 aromatic carbocycles. The quantitative estimate of drug-likeness (QED) is 0.314. The lowest BCUT2D eigenvalue weighted by atomic mass is 10.2. The number of fused-ring (bicyclic) bond motifs is 1. The predicted octanol–water partition coefficient (Wildman–Crippen LogP) is 5.81. The van der Waals surface area contributed by atoms with Crippen LogP contribution in [0.5, 0.6) is 11.5 Å². The zero-order valence-corrected chi connectivity index (χ0v) is 16.8. The molecule has 5 nitrogen and oxygen atoms in total. The summed E-state index contributed by atoms with van der Waals surface area (Å²) in [6.45, 7) is 0. The van der Waals surface area contributed by atoms with Crippen LogP contribution < -0.4 is 10.1 Å². The van der Waals surface area contributed by atoms with Crippen molar-refractivity contribution in [1.82, 2.24) is 9.97 Å². The fourth-order valence-electron chi connectivity index (χ4n) is 2.72. The Labute approximate surface area is 177 Å². The minimum atomic E-state index is -0.183. The van der Waals surface area contributed by atoms with E-state index in [0.29, 0.717) is 22.2 Å². The van der Waals surface area contributed by atoms with Crippen molar-refractivity contribution < 1.29 is 9.53 Å². The molecule has 0 radical (unpaired) electrons. The molecular weight excluding hydrogens is 406 g/mol. The van der Waals surface area contributed by atoms with Crippen molar-refractivity contribution in [1.29, 1.82) is 0 Å². The summed E-state index contributed by atoms with van der Waals surface area (Å²) in [5.74, 6) is 1.20. The normalized spacial score (nSPS) is 10.7. The van der Waals surface area contributed by atoms with E-state index in [0.717, 1.165) is 15.9 Å². The number of benzene rings is 3. The minimum Gasteiger partial charge on any atom is -0.455 e. The Bertz CT molecular complexity index is 1150. The number of ether oxygens (including phenoxy) is 1. The summed E-state index contributed by atoms with van der Waals surface area (Å²) in [5.41, 5.74) is 1.36. The molecule has 1 amide bonds. The van der Waals surface area contributed by atoms with Crippen LogP contribution in [0.2, 0.25) is 5.02 Å². The fraction of sp³-hybridized carbons (Fsp3) is 0.0455.